The molecule has 29 heavy (non-hydrogen) atoms. The minimum Gasteiger partial charge on any atom is -0.348 e. The van der Waals surface area contributed by atoms with Gasteiger partial charge in [-0.2, -0.15) is 0 Å². The first-order valence-electron chi connectivity index (χ1n) is 9.88. The van der Waals surface area contributed by atoms with Crippen molar-refractivity contribution in [3.8, 4) is 0 Å². The first-order valence-corrected chi connectivity index (χ1v) is 9.88. The summed E-state index contributed by atoms with van der Waals surface area (Å²) < 4.78 is 3.82. The largest absolute Gasteiger partial charge is 0.348 e. The van der Waals surface area contributed by atoms with E-state index >= 15 is 0 Å². The third-order valence-corrected chi connectivity index (χ3v) is 5.78. The van der Waals surface area contributed by atoms with Crippen molar-refractivity contribution in [2.45, 2.75) is 45.2 Å². The highest BCUT2D eigenvalue weighted by molar-refractivity contribution is 5.79. The molecule has 0 fully saturated rings. The number of carbonyl (C=O) groups excluding carboxylic acids is 1. The molecule has 1 atom stereocenters. The Morgan fingerprint density at radius 1 is 1.14 bits per heavy atom. The monoisotopic (exact) mass is 395 g/mol. The van der Waals surface area contributed by atoms with Crippen molar-refractivity contribution in [2.24, 2.45) is 14.1 Å². The molecule has 2 heterocycles. The van der Waals surface area contributed by atoms with Crippen LogP contribution >= 0.6 is 0 Å². The molecule has 0 saturated heterocycles. The van der Waals surface area contributed by atoms with Crippen molar-refractivity contribution in [3.05, 3.63) is 62.1 Å². The van der Waals surface area contributed by atoms with Gasteiger partial charge >= 0.3 is 5.69 Å². The second-order valence-electron chi connectivity index (χ2n) is 7.77. The Morgan fingerprint density at radius 2 is 1.86 bits per heavy atom. The standard InChI is InChI=1S/C21H25N5O3/c1-13(15-9-8-14-6-4-5-7-16(14)10-15)23-17(27)11-26-12-22-19-18(26)20(28)25(3)21(29)24(19)2/h8-10,12-13H,4-7,11H2,1-3H3,(H,23,27). The predicted octanol–water partition coefficient (Wildman–Crippen LogP) is 1.19. The van der Waals surface area contributed by atoms with Crippen molar-refractivity contribution in [1.29, 1.82) is 0 Å². The molecule has 0 saturated carbocycles. The Balaban J connectivity index is 1.55. The van der Waals surface area contributed by atoms with Gasteiger partial charge in [-0.05, 0) is 49.3 Å². The van der Waals surface area contributed by atoms with Crippen LogP contribution in [0.1, 0.15) is 42.5 Å². The van der Waals surface area contributed by atoms with Crippen LogP contribution < -0.4 is 16.6 Å². The molecule has 1 amide bonds. The molecule has 1 aromatic carbocycles. The van der Waals surface area contributed by atoms with Crippen LogP contribution in [-0.2, 0) is 38.3 Å². The Kier molecular flexibility index (Phi) is 4.86. The zero-order valence-electron chi connectivity index (χ0n) is 16.9. The third-order valence-electron chi connectivity index (χ3n) is 5.78. The van der Waals surface area contributed by atoms with Crippen molar-refractivity contribution in [2.75, 3.05) is 0 Å². The topological polar surface area (TPSA) is 90.9 Å². The molecular formula is C21H25N5O3. The number of nitrogens with one attached hydrogen (secondary N) is 1. The minimum absolute atomic E-state index is 0.0424. The molecule has 4 rings (SSSR count). The lowest BCUT2D eigenvalue weighted by molar-refractivity contribution is -0.122. The number of hydrogen-bond donors (Lipinski definition) is 1. The molecule has 1 unspecified atom stereocenters. The van der Waals surface area contributed by atoms with Gasteiger partial charge < -0.3 is 9.88 Å². The summed E-state index contributed by atoms with van der Waals surface area (Å²) in [6.45, 7) is 1.91. The lowest BCUT2D eigenvalue weighted by Gasteiger charge is -2.20. The van der Waals surface area contributed by atoms with E-state index < -0.39 is 11.2 Å². The lowest BCUT2D eigenvalue weighted by atomic mass is 9.89. The van der Waals surface area contributed by atoms with Gasteiger partial charge in [0.25, 0.3) is 5.56 Å². The Morgan fingerprint density at radius 3 is 2.62 bits per heavy atom. The van der Waals surface area contributed by atoms with E-state index in [2.05, 4.69) is 28.5 Å². The summed E-state index contributed by atoms with van der Waals surface area (Å²) in [6, 6.07) is 6.29. The van der Waals surface area contributed by atoms with E-state index in [-0.39, 0.29) is 29.7 Å². The van der Waals surface area contributed by atoms with Gasteiger partial charge in [0.1, 0.15) is 6.54 Å². The molecule has 8 heteroatoms. The van der Waals surface area contributed by atoms with Gasteiger partial charge in [-0.1, -0.05) is 18.2 Å². The van der Waals surface area contributed by atoms with Gasteiger partial charge in [-0.15, -0.1) is 0 Å². The number of fused-ring (bicyclic) bond motifs is 2. The number of imidazole rings is 1. The van der Waals surface area contributed by atoms with Crippen molar-refractivity contribution in [1.82, 2.24) is 24.0 Å². The molecule has 0 spiro atoms. The molecule has 0 bridgehead atoms. The Bertz CT molecular complexity index is 1220. The molecule has 2 aromatic heterocycles. The average Bonchev–Trinajstić information content (AvgIpc) is 3.13. The molecule has 0 aliphatic heterocycles. The fraction of sp³-hybridized carbons (Fsp3) is 0.429. The van der Waals surface area contributed by atoms with E-state index in [1.165, 1.54) is 46.5 Å². The maximum atomic E-state index is 12.6. The lowest BCUT2D eigenvalue weighted by Crippen LogP contribution is -2.38. The van der Waals surface area contributed by atoms with E-state index in [4.69, 9.17) is 0 Å². The number of carbonyl (C=O) groups is 1. The zero-order chi connectivity index (χ0) is 20.7. The maximum absolute atomic E-state index is 12.6. The number of rotatable bonds is 4. The van der Waals surface area contributed by atoms with Crippen LogP contribution in [0.15, 0.2) is 34.1 Å². The molecule has 1 aliphatic rings. The number of aryl methyl sites for hydroxylation is 3. The van der Waals surface area contributed by atoms with Crippen LogP contribution in [0, 0.1) is 0 Å². The minimum atomic E-state index is -0.462. The van der Waals surface area contributed by atoms with E-state index in [0.717, 1.165) is 23.0 Å². The fourth-order valence-corrected chi connectivity index (χ4v) is 4.06. The number of amides is 1. The van der Waals surface area contributed by atoms with E-state index in [1.807, 2.05) is 6.92 Å². The SMILES string of the molecule is CC(NC(=O)Cn1cnc2c1c(=O)n(C)c(=O)n2C)c1ccc2c(c1)CCCC2. The van der Waals surface area contributed by atoms with Crippen molar-refractivity contribution < 1.29 is 4.79 Å². The quantitative estimate of drug-likeness (QED) is 0.718. The van der Waals surface area contributed by atoms with Gasteiger partial charge in [-0.25, -0.2) is 9.78 Å². The maximum Gasteiger partial charge on any atom is 0.332 e. The van der Waals surface area contributed by atoms with Gasteiger partial charge in [-0.3, -0.25) is 18.7 Å². The smallest absolute Gasteiger partial charge is 0.332 e. The van der Waals surface area contributed by atoms with Crippen molar-refractivity contribution >= 4 is 17.1 Å². The fourth-order valence-electron chi connectivity index (χ4n) is 4.06. The molecule has 1 aliphatic carbocycles. The normalized spacial score (nSPS) is 14.6. The molecule has 152 valence electrons. The Hall–Kier alpha value is -3.16. The number of hydrogen-bond acceptors (Lipinski definition) is 4. The van der Waals surface area contributed by atoms with E-state index in [9.17, 15) is 14.4 Å². The van der Waals surface area contributed by atoms with E-state index in [0.29, 0.717) is 0 Å². The number of nitrogens with zero attached hydrogens (tertiary/aromatic N) is 4. The van der Waals surface area contributed by atoms with Crippen molar-refractivity contribution in [3.63, 3.8) is 0 Å². The summed E-state index contributed by atoms with van der Waals surface area (Å²) >= 11 is 0. The average molecular weight is 395 g/mol. The van der Waals surface area contributed by atoms with Gasteiger partial charge in [0.05, 0.1) is 12.4 Å². The Labute approximate surface area is 167 Å². The number of aromatic nitrogens is 4. The first kappa shape index (κ1) is 19.2. The predicted molar refractivity (Wildman–Crippen MR) is 110 cm³/mol. The number of benzene rings is 1. The summed E-state index contributed by atoms with van der Waals surface area (Å²) in [7, 11) is 2.97. The molecule has 8 nitrogen and oxygen atoms in total. The second-order valence-corrected chi connectivity index (χ2v) is 7.77. The highest BCUT2D eigenvalue weighted by Crippen LogP contribution is 2.24. The van der Waals surface area contributed by atoms with Crippen LogP contribution in [0.5, 0.6) is 0 Å². The van der Waals surface area contributed by atoms with Crippen LogP contribution in [-0.4, -0.2) is 24.6 Å². The van der Waals surface area contributed by atoms with Crippen LogP contribution in [0.4, 0.5) is 0 Å². The summed E-state index contributed by atoms with van der Waals surface area (Å²) in [6.07, 6.45) is 6.09. The summed E-state index contributed by atoms with van der Waals surface area (Å²) in [4.78, 5) is 41.3. The van der Waals surface area contributed by atoms with E-state index in [1.54, 1.807) is 7.05 Å². The summed E-state index contributed by atoms with van der Waals surface area (Å²) in [5.41, 5.74) is 3.46. The van der Waals surface area contributed by atoms with Gasteiger partial charge in [0.15, 0.2) is 11.2 Å². The van der Waals surface area contributed by atoms with Crippen LogP contribution in [0.2, 0.25) is 0 Å². The molecule has 3 aromatic rings. The highest BCUT2D eigenvalue weighted by atomic mass is 16.2. The van der Waals surface area contributed by atoms with Gasteiger partial charge in [0.2, 0.25) is 5.91 Å². The van der Waals surface area contributed by atoms with Crippen LogP contribution in [0.25, 0.3) is 11.2 Å². The third kappa shape index (κ3) is 3.39. The zero-order valence-corrected chi connectivity index (χ0v) is 16.9. The highest BCUT2D eigenvalue weighted by Gasteiger charge is 2.18. The molecule has 1 N–H and O–H groups in total. The van der Waals surface area contributed by atoms with Gasteiger partial charge in [0, 0.05) is 14.1 Å². The van der Waals surface area contributed by atoms with Crippen LogP contribution in [0.3, 0.4) is 0 Å². The summed E-state index contributed by atoms with van der Waals surface area (Å²) in [5.74, 6) is -0.217. The first-order chi connectivity index (χ1) is 13.9. The molecule has 0 radical (unpaired) electrons. The summed E-state index contributed by atoms with van der Waals surface area (Å²) in [5, 5.41) is 3.00. The molecular weight excluding hydrogens is 370 g/mol. The second kappa shape index (κ2) is 7.35.